The van der Waals surface area contributed by atoms with E-state index in [-0.39, 0.29) is 12.5 Å². The molecular formula is C12H12ClNO2. The molecule has 0 heterocycles. The van der Waals surface area contributed by atoms with Crippen molar-refractivity contribution in [2.24, 2.45) is 0 Å². The summed E-state index contributed by atoms with van der Waals surface area (Å²) in [5, 5.41) is 2.68. The number of anilines is 1. The monoisotopic (exact) mass is 237 g/mol. The van der Waals surface area contributed by atoms with E-state index < -0.39 is 0 Å². The number of hydrogen-bond acceptors (Lipinski definition) is 2. The maximum atomic E-state index is 11.3. The van der Waals surface area contributed by atoms with Gasteiger partial charge in [0.05, 0.1) is 6.61 Å². The Morgan fingerprint density at radius 1 is 1.44 bits per heavy atom. The number of terminal acetylenes is 1. The average Bonchev–Trinajstić information content (AvgIpc) is 2.30. The number of carbonyl (C=O) groups excluding carboxylic acids is 1. The van der Waals surface area contributed by atoms with E-state index in [1.165, 1.54) is 0 Å². The van der Waals surface area contributed by atoms with Crippen molar-refractivity contribution in [1.29, 1.82) is 0 Å². The molecule has 0 saturated carbocycles. The van der Waals surface area contributed by atoms with E-state index in [1.54, 1.807) is 24.3 Å². The molecule has 0 radical (unpaired) electrons. The van der Waals surface area contributed by atoms with Gasteiger partial charge in [-0.3, -0.25) is 4.79 Å². The number of hydrogen-bond donors (Lipinski definition) is 1. The molecule has 0 unspecified atom stereocenters. The Labute approximate surface area is 99.7 Å². The van der Waals surface area contributed by atoms with Gasteiger partial charge >= 0.3 is 0 Å². The molecule has 16 heavy (non-hydrogen) atoms. The van der Waals surface area contributed by atoms with Crippen LogP contribution in [0.15, 0.2) is 24.3 Å². The minimum atomic E-state index is -0.210. The number of alkyl halides is 1. The summed E-state index contributed by atoms with van der Waals surface area (Å²) >= 11 is 5.40. The molecule has 0 fully saturated rings. The van der Waals surface area contributed by atoms with Crippen LogP contribution < -0.4 is 5.32 Å². The third-order valence-corrected chi connectivity index (χ3v) is 1.94. The molecule has 4 heteroatoms. The fraction of sp³-hybridized carbons (Fsp3) is 0.250. The van der Waals surface area contributed by atoms with Gasteiger partial charge in [0.25, 0.3) is 0 Å². The lowest BCUT2D eigenvalue weighted by molar-refractivity contribution is -0.120. The van der Waals surface area contributed by atoms with Gasteiger partial charge in [0.1, 0.15) is 6.61 Å². The van der Waals surface area contributed by atoms with Crippen LogP contribution in [0.1, 0.15) is 5.56 Å². The highest BCUT2D eigenvalue weighted by molar-refractivity contribution is 6.17. The Morgan fingerprint density at radius 2 is 2.12 bits per heavy atom. The number of ether oxygens (including phenoxy) is 1. The van der Waals surface area contributed by atoms with Crippen molar-refractivity contribution in [3.63, 3.8) is 0 Å². The minimum Gasteiger partial charge on any atom is -0.370 e. The van der Waals surface area contributed by atoms with E-state index in [1.807, 2.05) is 0 Å². The predicted molar refractivity (Wildman–Crippen MR) is 64.5 cm³/mol. The summed E-state index contributed by atoms with van der Waals surface area (Å²) in [6.45, 7) is 0.370. The van der Waals surface area contributed by atoms with Crippen molar-refractivity contribution >= 4 is 23.2 Å². The van der Waals surface area contributed by atoms with E-state index in [4.69, 9.17) is 22.8 Å². The van der Waals surface area contributed by atoms with E-state index in [9.17, 15) is 4.79 Å². The number of nitrogens with one attached hydrogen (secondary N) is 1. The minimum absolute atomic E-state index is 0.00358. The van der Waals surface area contributed by atoms with Crippen molar-refractivity contribution < 1.29 is 9.53 Å². The van der Waals surface area contributed by atoms with Crippen LogP contribution in [0, 0.1) is 12.3 Å². The molecule has 1 aromatic rings. The highest BCUT2D eigenvalue weighted by atomic mass is 35.5. The summed E-state index contributed by atoms with van der Waals surface area (Å²) in [7, 11) is 0. The largest absolute Gasteiger partial charge is 0.370 e. The predicted octanol–water partition coefficient (Wildman–Crippen LogP) is 1.86. The molecule has 0 spiro atoms. The van der Waals surface area contributed by atoms with Crippen LogP contribution in [0.25, 0.3) is 0 Å². The van der Waals surface area contributed by atoms with Crippen LogP contribution in [0.5, 0.6) is 0 Å². The molecule has 0 aliphatic rings. The Morgan fingerprint density at radius 3 is 2.69 bits per heavy atom. The first-order valence-electron chi connectivity index (χ1n) is 4.76. The number of benzene rings is 1. The number of halogens is 1. The summed E-state index contributed by atoms with van der Waals surface area (Å²) in [4.78, 5) is 11.3. The second-order valence-corrected chi connectivity index (χ2v) is 3.39. The fourth-order valence-electron chi connectivity index (χ4n) is 1.07. The molecule has 0 aromatic heterocycles. The van der Waals surface area contributed by atoms with Crippen LogP contribution >= 0.6 is 11.6 Å². The highest BCUT2D eigenvalue weighted by Gasteiger charge is 2.01. The van der Waals surface area contributed by atoms with Crippen LogP contribution in [0.4, 0.5) is 5.69 Å². The van der Waals surface area contributed by atoms with Crippen molar-refractivity contribution in [3.8, 4) is 12.3 Å². The van der Waals surface area contributed by atoms with E-state index in [2.05, 4.69) is 11.2 Å². The first-order valence-corrected chi connectivity index (χ1v) is 5.30. The number of rotatable bonds is 5. The second-order valence-electron chi connectivity index (χ2n) is 3.01. The van der Waals surface area contributed by atoms with E-state index in [0.29, 0.717) is 18.2 Å². The zero-order valence-corrected chi connectivity index (χ0v) is 9.46. The van der Waals surface area contributed by atoms with Crippen LogP contribution in [0.2, 0.25) is 0 Å². The average molecular weight is 238 g/mol. The molecule has 1 rings (SSSR count). The van der Waals surface area contributed by atoms with Crippen LogP contribution in [-0.2, 0) is 9.53 Å². The topological polar surface area (TPSA) is 38.3 Å². The Hall–Kier alpha value is -1.50. The van der Waals surface area contributed by atoms with E-state index >= 15 is 0 Å². The molecule has 0 atom stereocenters. The first-order chi connectivity index (χ1) is 7.76. The summed E-state index contributed by atoms with van der Waals surface area (Å²) in [6, 6.07) is 7.01. The second kappa shape index (κ2) is 6.89. The molecule has 0 aliphatic carbocycles. The fourth-order valence-corrected chi connectivity index (χ4v) is 1.18. The van der Waals surface area contributed by atoms with E-state index in [0.717, 1.165) is 5.56 Å². The quantitative estimate of drug-likeness (QED) is 0.482. The summed E-state index contributed by atoms with van der Waals surface area (Å²) < 4.78 is 4.99. The smallest absolute Gasteiger partial charge is 0.250 e. The van der Waals surface area contributed by atoms with Crippen LogP contribution in [-0.4, -0.2) is 25.0 Å². The van der Waals surface area contributed by atoms with Crippen molar-refractivity contribution in [3.05, 3.63) is 29.8 Å². The zero-order chi connectivity index (χ0) is 11.8. The first kappa shape index (κ1) is 12.6. The number of amides is 1. The van der Waals surface area contributed by atoms with Crippen molar-refractivity contribution in [1.82, 2.24) is 0 Å². The maximum Gasteiger partial charge on any atom is 0.250 e. The Bertz CT molecular complexity index is 381. The molecule has 0 aliphatic heterocycles. The van der Waals surface area contributed by atoms with Crippen molar-refractivity contribution in [2.75, 3.05) is 24.4 Å². The molecule has 1 N–H and O–H groups in total. The third kappa shape index (κ3) is 4.35. The molecule has 0 bridgehead atoms. The highest BCUT2D eigenvalue weighted by Crippen LogP contribution is 2.08. The molecule has 1 amide bonds. The zero-order valence-electron chi connectivity index (χ0n) is 8.70. The maximum absolute atomic E-state index is 11.3. The summed E-state index contributed by atoms with van der Waals surface area (Å²) in [5.74, 6) is 2.67. The van der Waals surface area contributed by atoms with Gasteiger partial charge in [-0.1, -0.05) is 5.92 Å². The molecule has 3 nitrogen and oxygen atoms in total. The van der Waals surface area contributed by atoms with Gasteiger partial charge in [0.2, 0.25) is 5.91 Å². The standard InChI is InChI=1S/C12H12ClNO2/c1-2-10-3-5-11(6-4-10)14-12(15)9-16-8-7-13/h1,3-6H,7-9H2,(H,14,15). The van der Waals surface area contributed by atoms with Gasteiger partial charge in [0.15, 0.2) is 0 Å². The molecule has 0 saturated heterocycles. The SMILES string of the molecule is C#Cc1ccc(NC(=O)COCCCl)cc1. The van der Waals surface area contributed by atoms with Gasteiger partial charge in [-0.15, -0.1) is 18.0 Å². The lowest BCUT2D eigenvalue weighted by Crippen LogP contribution is -2.18. The van der Waals surface area contributed by atoms with Gasteiger partial charge in [-0.2, -0.15) is 0 Å². The Kier molecular flexibility index (Phi) is 5.41. The lowest BCUT2D eigenvalue weighted by Gasteiger charge is -2.05. The normalized spacial score (nSPS) is 9.50. The summed E-state index contributed by atoms with van der Waals surface area (Å²) in [5.41, 5.74) is 1.47. The van der Waals surface area contributed by atoms with Gasteiger partial charge < -0.3 is 10.1 Å². The Balaban J connectivity index is 2.41. The molecule has 1 aromatic carbocycles. The molecular weight excluding hydrogens is 226 g/mol. The lowest BCUT2D eigenvalue weighted by atomic mass is 10.2. The van der Waals surface area contributed by atoms with Crippen LogP contribution in [0.3, 0.4) is 0 Å². The van der Waals surface area contributed by atoms with Gasteiger partial charge in [-0.25, -0.2) is 0 Å². The van der Waals surface area contributed by atoms with Gasteiger partial charge in [0, 0.05) is 17.1 Å². The molecule has 84 valence electrons. The van der Waals surface area contributed by atoms with Crippen molar-refractivity contribution in [2.45, 2.75) is 0 Å². The van der Waals surface area contributed by atoms with Gasteiger partial charge in [-0.05, 0) is 24.3 Å². The summed E-state index contributed by atoms with van der Waals surface area (Å²) in [6.07, 6.45) is 5.21. The number of carbonyl (C=O) groups is 1. The third-order valence-electron chi connectivity index (χ3n) is 1.79.